The third-order valence-corrected chi connectivity index (χ3v) is 8.76. The summed E-state index contributed by atoms with van der Waals surface area (Å²) in [5.41, 5.74) is 5.54. The lowest BCUT2D eigenvalue weighted by Gasteiger charge is -2.58. The lowest BCUT2D eigenvalue weighted by Crippen LogP contribution is -2.58. The number of allylic oxidation sites excluding steroid dienone is 1. The Morgan fingerprint density at radius 3 is 2.60 bits per heavy atom. The zero-order chi connectivity index (χ0) is 18.0. The van der Waals surface area contributed by atoms with E-state index < -0.39 is 5.60 Å². The lowest BCUT2D eigenvalue weighted by molar-refractivity contribution is -0.160. The van der Waals surface area contributed by atoms with Crippen LogP contribution in [0, 0.1) is 28.6 Å². The normalized spacial score (nSPS) is 49.0. The summed E-state index contributed by atoms with van der Waals surface area (Å²) in [5.74, 6) is 1.63. The highest BCUT2D eigenvalue weighted by Gasteiger charge is 2.65. The molecule has 0 radical (unpaired) electrons. The molecular weight excluding hydrogens is 314 g/mol. The van der Waals surface area contributed by atoms with E-state index in [1.165, 1.54) is 5.57 Å². The van der Waals surface area contributed by atoms with Crippen LogP contribution < -0.4 is 5.73 Å². The van der Waals surface area contributed by atoms with Gasteiger partial charge in [-0.1, -0.05) is 19.4 Å². The molecule has 138 valence electrons. The average molecular weight is 345 g/mol. The number of Topliss-reactive ketones (excluding diaryl/α,β-unsaturated/α-hetero) is 1. The first-order valence-electron chi connectivity index (χ1n) is 9.96. The number of carbonyl (C=O) groups excluding carboxylic acids is 2. The van der Waals surface area contributed by atoms with Crippen molar-refractivity contribution in [1.82, 2.24) is 0 Å². The molecule has 0 amide bonds. The van der Waals surface area contributed by atoms with Crippen molar-refractivity contribution in [2.75, 3.05) is 6.54 Å². The van der Waals surface area contributed by atoms with Gasteiger partial charge in [-0.25, -0.2) is 0 Å². The van der Waals surface area contributed by atoms with Crippen LogP contribution in [-0.2, 0) is 9.59 Å². The fourth-order valence-electron chi connectivity index (χ4n) is 7.20. The van der Waals surface area contributed by atoms with Crippen LogP contribution in [-0.4, -0.2) is 28.8 Å². The number of fused-ring (bicyclic) bond motifs is 5. The van der Waals surface area contributed by atoms with Crippen LogP contribution in [0.1, 0.15) is 65.2 Å². The summed E-state index contributed by atoms with van der Waals surface area (Å²) >= 11 is 0. The van der Waals surface area contributed by atoms with Crippen molar-refractivity contribution in [3.05, 3.63) is 11.6 Å². The van der Waals surface area contributed by atoms with E-state index in [0.29, 0.717) is 30.6 Å². The minimum Gasteiger partial charge on any atom is -0.381 e. The van der Waals surface area contributed by atoms with Gasteiger partial charge >= 0.3 is 0 Å². The van der Waals surface area contributed by atoms with Gasteiger partial charge in [-0.15, -0.1) is 0 Å². The number of rotatable bonds is 2. The summed E-state index contributed by atoms with van der Waals surface area (Å²) in [7, 11) is 0. The molecule has 0 aromatic rings. The van der Waals surface area contributed by atoms with Crippen molar-refractivity contribution in [1.29, 1.82) is 0 Å². The topological polar surface area (TPSA) is 80.4 Å². The van der Waals surface area contributed by atoms with Crippen LogP contribution >= 0.6 is 0 Å². The molecule has 0 heterocycles. The Labute approximate surface area is 150 Å². The molecule has 4 aliphatic carbocycles. The van der Waals surface area contributed by atoms with Crippen molar-refractivity contribution in [2.24, 2.45) is 34.3 Å². The first-order chi connectivity index (χ1) is 11.8. The molecule has 4 nitrogen and oxygen atoms in total. The fourth-order valence-corrected chi connectivity index (χ4v) is 7.20. The van der Waals surface area contributed by atoms with Gasteiger partial charge in [0.15, 0.2) is 11.6 Å². The molecule has 0 bridgehead atoms. The first-order valence-corrected chi connectivity index (χ1v) is 9.96. The SMILES string of the molecule is C[C@]12CCC(=O)C=C1CC[C@H]1[C@@H]2CC[C@@]2(C)[C@H]1CC[C@@]2(O)C(=O)CN. The standard InChI is InChI=1S/C21H31NO3/c1-19-8-5-14(23)11-13(19)3-4-15-16(19)6-9-20(2)17(15)7-10-21(20,25)18(24)12-22/h11,15-17,25H,3-10,12,22H2,1-2H3/t15-,16-,17-,19-,20-,21+/m0/s1. The lowest BCUT2D eigenvalue weighted by atomic mass is 9.46. The summed E-state index contributed by atoms with van der Waals surface area (Å²) < 4.78 is 0. The highest BCUT2D eigenvalue weighted by molar-refractivity contribution is 5.92. The Balaban J connectivity index is 1.68. The van der Waals surface area contributed by atoms with Gasteiger partial charge in [-0.3, -0.25) is 9.59 Å². The predicted octanol–water partition coefficient (Wildman–Crippen LogP) is 2.78. The zero-order valence-electron chi connectivity index (χ0n) is 15.5. The van der Waals surface area contributed by atoms with Gasteiger partial charge < -0.3 is 10.8 Å². The van der Waals surface area contributed by atoms with Crippen molar-refractivity contribution >= 4 is 11.6 Å². The molecule has 25 heavy (non-hydrogen) atoms. The third kappa shape index (κ3) is 2.13. The van der Waals surface area contributed by atoms with Gasteiger partial charge in [0, 0.05) is 11.8 Å². The Bertz CT molecular complexity index is 656. The van der Waals surface area contributed by atoms with E-state index in [1.807, 2.05) is 6.08 Å². The molecule has 3 fully saturated rings. The first kappa shape index (κ1) is 17.4. The zero-order valence-corrected chi connectivity index (χ0v) is 15.5. The Morgan fingerprint density at radius 2 is 1.88 bits per heavy atom. The second-order valence-corrected chi connectivity index (χ2v) is 9.45. The molecule has 0 aromatic heterocycles. The highest BCUT2D eigenvalue weighted by atomic mass is 16.3. The van der Waals surface area contributed by atoms with Gasteiger partial charge in [-0.05, 0) is 74.2 Å². The summed E-state index contributed by atoms with van der Waals surface area (Å²) in [5, 5.41) is 11.3. The molecule has 0 aliphatic heterocycles. The maximum absolute atomic E-state index is 12.5. The Kier molecular flexibility index (Phi) is 3.83. The van der Waals surface area contributed by atoms with Gasteiger partial charge in [0.1, 0.15) is 5.60 Å². The second-order valence-electron chi connectivity index (χ2n) is 9.45. The molecule has 6 atom stereocenters. The molecule has 4 rings (SSSR count). The number of carbonyl (C=O) groups is 2. The monoisotopic (exact) mass is 345 g/mol. The van der Waals surface area contributed by atoms with E-state index in [0.717, 1.165) is 38.5 Å². The van der Waals surface area contributed by atoms with E-state index in [-0.39, 0.29) is 28.9 Å². The van der Waals surface area contributed by atoms with Gasteiger partial charge in [0.25, 0.3) is 0 Å². The molecular formula is C21H31NO3. The van der Waals surface area contributed by atoms with Crippen molar-refractivity contribution in [2.45, 2.75) is 70.8 Å². The number of aliphatic hydroxyl groups is 1. The molecule has 4 aliphatic rings. The average Bonchev–Trinajstić information content (AvgIpc) is 2.87. The van der Waals surface area contributed by atoms with Crippen LogP contribution in [0.5, 0.6) is 0 Å². The van der Waals surface area contributed by atoms with Crippen molar-refractivity contribution < 1.29 is 14.7 Å². The molecule has 0 spiro atoms. The number of hydrogen-bond acceptors (Lipinski definition) is 4. The third-order valence-electron chi connectivity index (χ3n) is 8.76. The fraction of sp³-hybridized carbons (Fsp3) is 0.810. The maximum atomic E-state index is 12.5. The van der Waals surface area contributed by atoms with E-state index in [1.54, 1.807) is 0 Å². The molecule has 0 saturated heterocycles. The van der Waals surface area contributed by atoms with Crippen LogP contribution in [0.25, 0.3) is 0 Å². The Hall–Kier alpha value is -1.00. The molecule has 3 saturated carbocycles. The molecule has 0 aromatic carbocycles. The smallest absolute Gasteiger partial charge is 0.178 e. The van der Waals surface area contributed by atoms with Crippen molar-refractivity contribution in [3.63, 3.8) is 0 Å². The van der Waals surface area contributed by atoms with E-state index in [2.05, 4.69) is 13.8 Å². The summed E-state index contributed by atoms with van der Waals surface area (Å²) in [6.07, 6.45) is 9.06. The van der Waals surface area contributed by atoms with Crippen LogP contribution in [0.3, 0.4) is 0 Å². The van der Waals surface area contributed by atoms with Crippen LogP contribution in [0.4, 0.5) is 0 Å². The summed E-state index contributed by atoms with van der Waals surface area (Å²) in [4.78, 5) is 24.3. The van der Waals surface area contributed by atoms with E-state index in [9.17, 15) is 14.7 Å². The van der Waals surface area contributed by atoms with E-state index in [4.69, 9.17) is 5.73 Å². The second kappa shape index (κ2) is 5.50. The molecule has 3 N–H and O–H groups in total. The van der Waals surface area contributed by atoms with E-state index >= 15 is 0 Å². The van der Waals surface area contributed by atoms with Gasteiger partial charge in [0.2, 0.25) is 0 Å². The summed E-state index contributed by atoms with van der Waals surface area (Å²) in [6.45, 7) is 4.42. The van der Waals surface area contributed by atoms with Crippen LogP contribution in [0.2, 0.25) is 0 Å². The molecule has 4 heteroatoms. The summed E-state index contributed by atoms with van der Waals surface area (Å²) in [6, 6.07) is 0. The molecule has 0 unspecified atom stereocenters. The quantitative estimate of drug-likeness (QED) is 0.806. The Morgan fingerprint density at radius 1 is 1.16 bits per heavy atom. The maximum Gasteiger partial charge on any atom is 0.178 e. The number of hydrogen-bond donors (Lipinski definition) is 2. The minimum absolute atomic E-state index is 0.0698. The number of nitrogens with two attached hydrogens (primary N) is 1. The van der Waals surface area contributed by atoms with Crippen LogP contribution in [0.15, 0.2) is 11.6 Å². The highest BCUT2D eigenvalue weighted by Crippen LogP contribution is 2.67. The van der Waals surface area contributed by atoms with Gasteiger partial charge in [0.05, 0.1) is 6.54 Å². The predicted molar refractivity (Wildman–Crippen MR) is 95.7 cm³/mol. The minimum atomic E-state index is -1.24. The number of ketones is 2. The van der Waals surface area contributed by atoms with Gasteiger partial charge in [-0.2, -0.15) is 0 Å². The van der Waals surface area contributed by atoms with Crippen molar-refractivity contribution in [3.8, 4) is 0 Å². The largest absolute Gasteiger partial charge is 0.381 e.